The molecule has 1 aromatic rings. The van der Waals surface area contributed by atoms with E-state index in [1.165, 1.54) is 12.8 Å². The Hall–Kier alpha value is -0.730. The Kier molecular flexibility index (Phi) is 2.89. The average Bonchev–Trinajstić information content (AvgIpc) is 3.05. The van der Waals surface area contributed by atoms with Gasteiger partial charge in [-0.3, -0.25) is 0 Å². The lowest BCUT2D eigenvalue weighted by molar-refractivity contribution is 0.206. The SMILES string of the molecule is CC(CO)(Nc1ccc(Cl)cc1)C1CC1. The van der Waals surface area contributed by atoms with Crippen LogP contribution in [-0.4, -0.2) is 17.3 Å². The van der Waals surface area contributed by atoms with Crippen molar-refractivity contribution in [1.29, 1.82) is 0 Å². The number of hydrogen-bond acceptors (Lipinski definition) is 2. The number of rotatable bonds is 4. The van der Waals surface area contributed by atoms with Crippen LogP contribution < -0.4 is 5.32 Å². The highest BCUT2D eigenvalue weighted by Crippen LogP contribution is 2.41. The fourth-order valence-corrected chi connectivity index (χ4v) is 1.98. The molecule has 1 fully saturated rings. The first-order chi connectivity index (χ1) is 7.14. The summed E-state index contributed by atoms with van der Waals surface area (Å²) in [4.78, 5) is 0. The summed E-state index contributed by atoms with van der Waals surface area (Å²) in [5.41, 5.74) is 0.830. The quantitative estimate of drug-likeness (QED) is 0.826. The molecule has 0 radical (unpaired) electrons. The summed E-state index contributed by atoms with van der Waals surface area (Å²) in [5, 5.41) is 13.5. The molecule has 1 saturated carbocycles. The second-order valence-electron chi connectivity index (χ2n) is 4.48. The van der Waals surface area contributed by atoms with Crippen LogP contribution in [-0.2, 0) is 0 Å². The molecule has 0 aliphatic heterocycles. The van der Waals surface area contributed by atoms with Crippen LogP contribution in [0.25, 0.3) is 0 Å². The summed E-state index contributed by atoms with van der Waals surface area (Å²) < 4.78 is 0. The Morgan fingerprint density at radius 3 is 2.47 bits per heavy atom. The van der Waals surface area contributed by atoms with Crippen LogP contribution in [0, 0.1) is 5.92 Å². The molecule has 1 aromatic carbocycles. The molecule has 0 saturated heterocycles. The molecular weight excluding hydrogens is 210 g/mol. The van der Waals surface area contributed by atoms with E-state index in [-0.39, 0.29) is 12.1 Å². The van der Waals surface area contributed by atoms with E-state index in [0.29, 0.717) is 5.92 Å². The third-order valence-corrected chi connectivity index (χ3v) is 3.33. The molecule has 0 amide bonds. The van der Waals surface area contributed by atoms with Gasteiger partial charge in [0.25, 0.3) is 0 Å². The molecule has 0 aromatic heterocycles. The second kappa shape index (κ2) is 4.03. The Morgan fingerprint density at radius 1 is 1.40 bits per heavy atom. The normalized spacial score (nSPS) is 19.7. The van der Waals surface area contributed by atoms with E-state index >= 15 is 0 Å². The van der Waals surface area contributed by atoms with E-state index in [2.05, 4.69) is 12.2 Å². The maximum atomic E-state index is 9.42. The first kappa shape index (κ1) is 10.8. The van der Waals surface area contributed by atoms with Crippen molar-refractivity contribution >= 4 is 17.3 Å². The first-order valence-electron chi connectivity index (χ1n) is 5.29. The molecule has 1 aliphatic carbocycles. The molecule has 2 rings (SSSR count). The van der Waals surface area contributed by atoms with Crippen LogP contribution in [0.5, 0.6) is 0 Å². The number of nitrogens with one attached hydrogen (secondary N) is 1. The maximum absolute atomic E-state index is 9.42. The topological polar surface area (TPSA) is 32.3 Å². The first-order valence-corrected chi connectivity index (χ1v) is 5.66. The predicted octanol–water partition coefficient (Wildman–Crippen LogP) is 2.91. The van der Waals surface area contributed by atoms with Gasteiger partial charge in [0.1, 0.15) is 0 Å². The van der Waals surface area contributed by atoms with Crippen LogP contribution in [0.1, 0.15) is 19.8 Å². The van der Waals surface area contributed by atoms with Crippen LogP contribution in [0.4, 0.5) is 5.69 Å². The Balaban J connectivity index is 2.09. The monoisotopic (exact) mass is 225 g/mol. The van der Waals surface area contributed by atoms with Crippen molar-refractivity contribution in [2.24, 2.45) is 5.92 Å². The highest BCUT2D eigenvalue weighted by Gasteiger charge is 2.40. The second-order valence-corrected chi connectivity index (χ2v) is 4.92. The minimum Gasteiger partial charge on any atom is -0.394 e. The van der Waals surface area contributed by atoms with Crippen LogP contribution >= 0.6 is 11.6 Å². The summed E-state index contributed by atoms with van der Waals surface area (Å²) in [5.74, 6) is 0.596. The van der Waals surface area contributed by atoms with E-state index in [0.717, 1.165) is 10.7 Å². The highest BCUT2D eigenvalue weighted by molar-refractivity contribution is 6.30. The van der Waals surface area contributed by atoms with E-state index in [4.69, 9.17) is 11.6 Å². The van der Waals surface area contributed by atoms with E-state index in [9.17, 15) is 5.11 Å². The van der Waals surface area contributed by atoms with E-state index < -0.39 is 0 Å². The van der Waals surface area contributed by atoms with Gasteiger partial charge in [-0.2, -0.15) is 0 Å². The van der Waals surface area contributed by atoms with Gasteiger partial charge < -0.3 is 10.4 Å². The van der Waals surface area contributed by atoms with Gasteiger partial charge in [0.05, 0.1) is 12.1 Å². The molecule has 1 unspecified atom stereocenters. The lowest BCUT2D eigenvalue weighted by Crippen LogP contribution is -2.41. The number of hydrogen-bond donors (Lipinski definition) is 2. The Labute approximate surface area is 95.3 Å². The van der Waals surface area contributed by atoms with Gasteiger partial charge in [-0.1, -0.05) is 11.6 Å². The smallest absolute Gasteiger partial charge is 0.0661 e. The minimum absolute atomic E-state index is 0.167. The largest absolute Gasteiger partial charge is 0.394 e. The molecule has 0 heterocycles. The standard InChI is InChI=1S/C12H16ClNO/c1-12(8-15,9-2-3-9)14-11-6-4-10(13)5-7-11/h4-7,9,14-15H,2-3,8H2,1H3. The van der Waals surface area contributed by atoms with Crippen molar-refractivity contribution in [3.63, 3.8) is 0 Å². The molecule has 15 heavy (non-hydrogen) atoms. The summed E-state index contributed by atoms with van der Waals surface area (Å²) in [7, 11) is 0. The lowest BCUT2D eigenvalue weighted by atomic mass is 9.96. The molecule has 0 spiro atoms. The molecular formula is C12H16ClNO. The molecule has 1 atom stereocenters. The van der Waals surface area contributed by atoms with Crippen molar-refractivity contribution < 1.29 is 5.11 Å². The van der Waals surface area contributed by atoms with Crippen molar-refractivity contribution in [1.82, 2.24) is 0 Å². The van der Waals surface area contributed by atoms with Crippen molar-refractivity contribution in [2.45, 2.75) is 25.3 Å². The average molecular weight is 226 g/mol. The molecule has 1 aliphatic rings. The molecule has 2 N–H and O–H groups in total. The van der Waals surface area contributed by atoms with Crippen molar-refractivity contribution in [2.75, 3.05) is 11.9 Å². The molecule has 2 nitrogen and oxygen atoms in total. The molecule has 3 heteroatoms. The third-order valence-electron chi connectivity index (χ3n) is 3.08. The van der Waals surface area contributed by atoms with E-state index in [1.54, 1.807) is 0 Å². The number of aliphatic hydroxyl groups excluding tert-OH is 1. The summed E-state index contributed by atoms with van der Waals surface area (Å²) in [6.07, 6.45) is 2.41. The van der Waals surface area contributed by atoms with Gasteiger partial charge in [0.15, 0.2) is 0 Å². The van der Waals surface area contributed by atoms with Crippen LogP contribution in [0.2, 0.25) is 5.02 Å². The van der Waals surface area contributed by atoms with Gasteiger partial charge in [-0.25, -0.2) is 0 Å². The number of benzene rings is 1. The van der Waals surface area contributed by atoms with Crippen LogP contribution in [0.3, 0.4) is 0 Å². The Morgan fingerprint density at radius 2 is 2.00 bits per heavy atom. The zero-order valence-electron chi connectivity index (χ0n) is 8.83. The number of halogens is 1. The fourth-order valence-electron chi connectivity index (χ4n) is 1.85. The summed E-state index contributed by atoms with van der Waals surface area (Å²) in [6.45, 7) is 2.24. The third kappa shape index (κ3) is 2.44. The van der Waals surface area contributed by atoms with Crippen molar-refractivity contribution in [3.05, 3.63) is 29.3 Å². The predicted molar refractivity (Wildman–Crippen MR) is 63.3 cm³/mol. The van der Waals surface area contributed by atoms with Crippen LogP contribution in [0.15, 0.2) is 24.3 Å². The zero-order chi connectivity index (χ0) is 10.9. The van der Waals surface area contributed by atoms with Gasteiger partial charge in [-0.15, -0.1) is 0 Å². The minimum atomic E-state index is -0.187. The summed E-state index contributed by atoms with van der Waals surface area (Å²) >= 11 is 5.81. The molecule has 0 bridgehead atoms. The van der Waals surface area contributed by atoms with Gasteiger partial charge in [0.2, 0.25) is 0 Å². The van der Waals surface area contributed by atoms with Gasteiger partial charge in [-0.05, 0) is 49.9 Å². The van der Waals surface area contributed by atoms with Gasteiger partial charge >= 0.3 is 0 Å². The highest BCUT2D eigenvalue weighted by atomic mass is 35.5. The van der Waals surface area contributed by atoms with Gasteiger partial charge in [0, 0.05) is 10.7 Å². The van der Waals surface area contributed by atoms with Crippen molar-refractivity contribution in [3.8, 4) is 0 Å². The molecule has 82 valence electrons. The zero-order valence-corrected chi connectivity index (χ0v) is 9.59. The number of anilines is 1. The fraction of sp³-hybridized carbons (Fsp3) is 0.500. The Bertz CT molecular complexity index is 334. The summed E-state index contributed by atoms with van der Waals surface area (Å²) in [6, 6.07) is 7.60. The lowest BCUT2D eigenvalue weighted by Gasteiger charge is -2.30. The maximum Gasteiger partial charge on any atom is 0.0661 e. The van der Waals surface area contributed by atoms with E-state index in [1.807, 2.05) is 24.3 Å². The number of aliphatic hydroxyl groups is 1.